The number of ether oxygens (including phenoxy) is 1. The minimum Gasteiger partial charge on any atom is -0.491 e. The summed E-state index contributed by atoms with van der Waals surface area (Å²) in [6.07, 6.45) is 4.65. The van der Waals surface area contributed by atoms with Crippen molar-refractivity contribution in [3.8, 4) is 17.2 Å². The van der Waals surface area contributed by atoms with Gasteiger partial charge in [0.15, 0.2) is 5.58 Å². The number of rotatable bonds is 7. The van der Waals surface area contributed by atoms with Crippen molar-refractivity contribution in [1.82, 2.24) is 15.0 Å². The molecule has 3 heterocycles. The number of nitrogens with zero attached hydrogens (tertiary/aromatic N) is 3. The van der Waals surface area contributed by atoms with Gasteiger partial charge < -0.3 is 24.9 Å². The van der Waals surface area contributed by atoms with E-state index in [0.717, 1.165) is 23.6 Å². The van der Waals surface area contributed by atoms with Crippen LogP contribution in [0.25, 0.3) is 33.3 Å². The molecule has 3 aromatic heterocycles. The maximum absolute atomic E-state index is 12.2. The number of amides is 1. The lowest BCUT2D eigenvalue weighted by molar-refractivity contribution is -0.117. The van der Waals surface area contributed by atoms with Crippen LogP contribution in [0, 0.1) is 5.92 Å². The average molecular weight is 433 g/mol. The zero-order valence-electron chi connectivity index (χ0n) is 17.8. The van der Waals surface area contributed by atoms with E-state index in [-0.39, 0.29) is 18.4 Å². The van der Waals surface area contributed by atoms with E-state index in [0.29, 0.717) is 39.9 Å². The van der Waals surface area contributed by atoms with Gasteiger partial charge in [0.1, 0.15) is 29.5 Å². The van der Waals surface area contributed by atoms with Crippen LogP contribution in [0.15, 0.2) is 41.1 Å². The fourth-order valence-corrected chi connectivity index (χ4v) is 3.48. The molecule has 9 heteroatoms. The second kappa shape index (κ2) is 8.08. The third-order valence-corrected chi connectivity index (χ3v) is 5.29. The van der Waals surface area contributed by atoms with Crippen LogP contribution in [-0.2, 0) is 4.79 Å². The Kier molecular flexibility index (Phi) is 5.10. The van der Waals surface area contributed by atoms with E-state index in [1.807, 2.05) is 6.07 Å². The number of carbonyl (C=O) groups excluding carboxylic acids is 1. The molecule has 3 N–H and O–H groups in total. The Bertz CT molecular complexity index is 1310. The van der Waals surface area contributed by atoms with Gasteiger partial charge in [0, 0.05) is 42.2 Å². The third-order valence-electron chi connectivity index (χ3n) is 5.29. The summed E-state index contributed by atoms with van der Waals surface area (Å²) in [4.78, 5) is 25.7. The number of fused-ring (bicyclic) bond motifs is 2. The Balaban J connectivity index is 1.55. The van der Waals surface area contributed by atoms with E-state index >= 15 is 0 Å². The maximum Gasteiger partial charge on any atom is 0.229 e. The molecule has 0 saturated heterocycles. The van der Waals surface area contributed by atoms with Crippen molar-refractivity contribution in [2.75, 3.05) is 24.3 Å². The van der Waals surface area contributed by atoms with Gasteiger partial charge in [-0.05, 0) is 38.0 Å². The molecule has 1 saturated carbocycles. The molecule has 1 aliphatic carbocycles. The molecule has 164 valence electrons. The predicted octanol–water partition coefficient (Wildman–Crippen LogP) is 3.59. The van der Waals surface area contributed by atoms with Gasteiger partial charge in [-0.15, -0.1) is 0 Å². The molecule has 1 unspecified atom stereocenters. The van der Waals surface area contributed by atoms with Gasteiger partial charge in [-0.1, -0.05) is 0 Å². The van der Waals surface area contributed by atoms with Gasteiger partial charge in [-0.3, -0.25) is 4.79 Å². The summed E-state index contributed by atoms with van der Waals surface area (Å²) in [5.41, 5.74) is 1.92. The van der Waals surface area contributed by atoms with Gasteiger partial charge in [0.25, 0.3) is 0 Å². The summed E-state index contributed by atoms with van der Waals surface area (Å²) in [6, 6.07) is 7.14. The van der Waals surface area contributed by atoms with E-state index in [1.165, 1.54) is 0 Å². The molecule has 1 aromatic carbocycles. The Hall–Kier alpha value is -3.72. The maximum atomic E-state index is 12.2. The first-order chi connectivity index (χ1) is 15.5. The number of carbonyl (C=O) groups is 1. The normalized spacial score (nSPS) is 14.5. The van der Waals surface area contributed by atoms with Crippen molar-refractivity contribution < 1.29 is 19.1 Å². The minimum absolute atomic E-state index is 0.00659. The second-order valence-electron chi connectivity index (χ2n) is 7.96. The van der Waals surface area contributed by atoms with Crippen LogP contribution < -0.4 is 15.4 Å². The number of hydrogen-bond donors (Lipinski definition) is 3. The lowest BCUT2D eigenvalue weighted by atomic mass is 10.1. The molecule has 0 bridgehead atoms. The Morgan fingerprint density at radius 1 is 1.25 bits per heavy atom. The van der Waals surface area contributed by atoms with Gasteiger partial charge in [-0.2, -0.15) is 0 Å². The molecule has 1 aliphatic rings. The highest BCUT2D eigenvalue weighted by Crippen LogP contribution is 2.35. The van der Waals surface area contributed by atoms with E-state index in [1.54, 1.807) is 44.6 Å². The van der Waals surface area contributed by atoms with E-state index < -0.39 is 6.10 Å². The Labute approximate surface area is 183 Å². The van der Waals surface area contributed by atoms with E-state index in [9.17, 15) is 9.90 Å². The molecule has 0 spiro atoms. The predicted molar refractivity (Wildman–Crippen MR) is 121 cm³/mol. The van der Waals surface area contributed by atoms with Gasteiger partial charge in [0.05, 0.1) is 11.7 Å². The molecule has 9 nitrogen and oxygen atoms in total. The first-order valence-corrected chi connectivity index (χ1v) is 10.5. The topological polar surface area (TPSA) is 122 Å². The van der Waals surface area contributed by atoms with Crippen molar-refractivity contribution in [2.45, 2.75) is 25.9 Å². The van der Waals surface area contributed by atoms with Crippen LogP contribution in [0.1, 0.15) is 19.8 Å². The minimum atomic E-state index is -0.565. The Morgan fingerprint density at radius 3 is 2.84 bits per heavy atom. The monoisotopic (exact) mass is 433 g/mol. The fraction of sp³-hybridized carbons (Fsp3) is 0.304. The highest BCUT2D eigenvalue weighted by atomic mass is 16.5. The summed E-state index contributed by atoms with van der Waals surface area (Å²) < 4.78 is 11.6. The fourth-order valence-electron chi connectivity index (χ4n) is 3.48. The molecule has 5 rings (SSSR count). The van der Waals surface area contributed by atoms with E-state index in [4.69, 9.17) is 9.15 Å². The summed E-state index contributed by atoms with van der Waals surface area (Å²) in [5, 5.41) is 17.0. The van der Waals surface area contributed by atoms with Crippen molar-refractivity contribution >= 4 is 39.4 Å². The number of benzene rings is 1. The van der Waals surface area contributed by atoms with Crippen molar-refractivity contribution in [1.29, 1.82) is 0 Å². The summed E-state index contributed by atoms with van der Waals surface area (Å²) in [5.74, 6) is 2.22. The molecule has 0 radical (unpaired) electrons. The lowest BCUT2D eigenvalue weighted by Crippen LogP contribution is -2.14. The molecule has 4 aromatic rings. The molecule has 1 atom stereocenters. The third kappa shape index (κ3) is 3.94. The van der Waals surface area contributed by atoms with Crippen LogP contribution in [0.5, 0.6) is 5.75 Å². The average Bonchev–Trinajstić information content (AvgIpc) is 3.56. The number of aromatic nitrogens is 3. The first kappa shape index (κ1) is 20.2. The number of aliphatic hydroxyl groups excluding tert-OH is 1. The quantitative estimate of drug-likeness (QED) is 0.404. The lowest BCUT2D eigenvalue weighted by Gasteiger charge is -2.10. The van der Waals surface area contributed by atoms with Crippen LogP contribution in [-0.4, -0.2) is 45.7 Å². The van der Waals surface area contributed by atoms with E-state index in [2.05, 4.69) is 25.6 Å². The highest BCUT2D eigenvalue weighted by Gasteiger charge is 2.30. The number of oxazole rings is 1. The number of pyridine rings is 2. The van der Waals surface area contributed by atoms with Crippen molar-refractivity contribution in [2.24, 2.45) is 5.92 Å². The van der Waals surface area contributed by atoms with Gasteiger partial charge in [0.2, 0.25) is 11.8 Å². The number of anilines is 2. The smallest absolute Gasteiger partial charge is 0.229 e. The largest absolute Gasteiger partial charge is 0.491 e. The van der Waals surface area contributed by atoms with Crippen LogP contribution in [0.4, 0.5) is 11.6 Å². The van der Waals surface area contributed by atoms with Crippen LogP contribution in [0.3, 0.4) is 0 Å². The molecule has 1 amide bonds. The summed E-state index contributed by atoms with van der Waals surface area (Å²) >= 11 is 0. The zero-order valence-corrected chi connectivity index (χ0v) is 17.8. The van der Waals surface area contributed by atoms with Gasteiger partial charge in [-0.25, -0.2) is 15.0 Å². The highest BCUT2D eigenvalue weighted by molar-refractivity contribution is 6.03. The number of aliphatic hydroxyl groups is 1. The number of hydrogen-bond acceptors (Lipinski definition) is 8. The van der Waals surface area contributed by atoms with Crippen LogP contribution in [0.2, 0.25) is 0 Å². The zero-order chi connectivity index (χ0) is 22.2. The molecule has 0 aliphatic heterocycles. The van der Waals surface area contributed by atoms with Crippen molar-refractivity contribution in [3.05, 3.63) is 36.7 Å². The standard InChI is InChI=1S/C23H23N5O4/c1-12(29)11-31-14-5-6-19-18(7-14)27-23(32-19)17-10-26-21(24-2)16-9-25-20(8-15(16)17)28-22(30)13-3-4-13/h5-10,12-13,29H,3-4,11H2,1-2H3,(H,24,26)(H,25,28,30). The Morgan fingerprint density at radius 2 is 2.09 bits per heavy atom. The molecule has 1 fully saturated rings. The van der Waals surface area contributed by atoms with Crippen LogP contribution >= 0.6 is 0 Å². The molecular weight excluding hydrogens is 410 g/mol. The summed E-state index contributed by atoms with van der Waals surface area (Å²) in [7, 11) is 1.79. The van der Waals surface area contributed by atoms with Gasteiger partial charge >= 0.3 is 0 Å². The number of nitrogens with one attached hydrogen (secondary N) is 2. The second-order valence-corrected chi connectivity index (χ2v) is 7.96. The first-order valence-electron chi connectivity index (χ1n) is 10.5. The van der Waals surface area contributed by atoms with Crippen molar-refractivity contribution in [3.63, 3.8) is 0 Å². The molecular formula is C23H23N5O4. The summed E-state index contributed by atoms with van der Waals surface area (Å²) in [6.45, 7) is 1.86. The SMILES string of the molecule is CNc1ncc(-c2nc3cc(OCC(C)O)ccc3o2)c2cc(NC(=O)C3CC3)ncc12. The molecule has 32 heavy (non-hydrogen) atoms.